The molecule has 2 N–H and O–H groups in total. The summed E-state index contributed by atoms with van der Waals surface area (Å²) in [4.78, 5) is 27.7. The minimum Gasteiger partial charge on any atom is -0.464 e. The predicted octanol–water partition coefficient (Wildman–Crippen LogP) is 2.50. The molecule has 142 valence electrons. The molecule has 0 aliphatic heterocycles. The van der Waals surface area contributed by atoms with Crippen molar-refractivity contribution in [1.29, 1.82) is 0 Å². The maximum atomic E-state index is 12.0. The van der Waals surface area contributed by atoms with Crippen LogP contribution < -0.4 is 5.32 Å². The van der Waals surface area contributed by atoms with E-state index in [1.807, 2.05) is 0 Å². The van der Waals surface area contributed by atoms with Crippen LogP contribution in [0.3, 0.4) is 0 Å². The minimum atomic E-state index is -1.32. The average molecular weight is 360 g/mol. The van der Waals surface area contributed by atoms with Crippen LogP contribution in [0.5, 0.6) is 0 Å². The van der Waals surface area contributed by atoms with Gasteiger partial charge in [-0.05, 0) is 31.4 Å². The first-order chi connectivity index (χ1) is 12.5. The highest BCUT2D eigenvalue weighted by Gasteiger charge is 2.31. The lowest BCUT2D eigenvalue weighted by Gasteiger charge is -2.21. The van der Waals surface area contributed by atoms with Gasteiger partial charge in [-0.2, -0.15) is 0 Å². The summed E-state index contributed by atoms with van der Waals surface area (Å²) in [6, 6.07) is 3.83. The topological polar surface area (TPSA) is 88.5 Å². The smallest absolute Gasteiger partial charge is 0.331 e. The normalized spacial score (nSPS) is 12.5. The van der Waals surface area contributed by atoms with E-state index < -0.39 is 24.0 Å². The largest absolute Gasteiger partial charge is 0.464 e. The van der Waals surface area contributed by atoms with Crippen molar-refractivity contribution in [1.82, 2.24) is 10.3 Å². The van der Waals surface area contributed by atoms with Gasteiger partial charge in [-0.3, -0.25) is 4.79 Å². The number of ether oxygens (including phenoxy) is 1. The zero-order valence-corrected chi connectivity index (χ0v) is 15.7. The molecule has 0 fully saturated rings. The maximum Gasteiger partial charge on any atom is 0.331 e. The van der Waals surface area contributed by atoms with Crippen LogP contribution in [0.4, 0.5) is 0 Å². The van der Waals surface area contributed by atoms with Crippen LogP contribution in [0.25, 0.3) is 0 Å². The molecule has 0 saturated carbocycles. The zero-order valence-electron chi connectivity index (χ0n) is 15.7. The molecule has 0 bridgehead atoms. The SMILES string of the molecule is CCCCCCC#Cc1cccc(C(O)C(NC(C)=O)C(=O)OCC)n1. The molecule has 0 aromatic carbocycles. The monoisotopic (exact) mass is 360 g/mol. The van der Waals surface area contributed by atoms with Gasteiger partial charge < -0.3 is 15.2 Å². The molecular formula is C20H28N2O4. The van der Waals surface area contributed by atoms with Crippen LogP contribution >= 0.6 is 0 Å². The fourth-order valence-electron chi connectivity index (χ4n) is 2.37. The van der Waals surface area contributed by atoms with Crippen molar-refractivity contribution in [2.75, 3.05) is 6.61 Å². The summed E-state index contributed by atoms with van der Waals surface area (Å²) in [5.41, 5.74) is 0.775. The molecule has 1 amide bonds. The molecule has 0 spiro atoms. The number of carbonyl (C=O) groups excluding carboxylic acids is 2. The molecule has 1 aromatic rings. The van der Waals surface area contributed by atoms with Gasteiger partial charge in [-0.25, -0.2) is 9.78 Å². The summed E-state index contributed by atoms with van der Waals surface area (Å²) in [7, 11) is 0. The zero-order chi connectivity index (χ0) is 19.4. The molecule has 2 unspecified atom stereocenters. The van der Waals surface area contributed by atoms with E-state index in [1.54, 1.807) is 25.1 Å². The van der Waals surface area contributed by atoms with E-state index in [0.29, 0.717) is 5.69 Å². The number of carbonyl (C=O) groups is 2. The van der Waals surface area contributed by atoms with Gasteiger partial charge in [0.15, 0.2) is 6.04 Å². The van der Waals surface area contributed by atoms with Gasteiger partial charge >= 0.3 is 5.97 Å². The Labute approximate surface area is 155 Å². The predicted molar refractivity (Wildman–Crippen MR) is 99.1 cm³/mol. The van der Waals surface area contributed by atoms with Gasteiger partial charge in [0, 0.05) is 13.3 Å². The number of unbranched alkanes of at least 4 members (excludes halogenated alkanes) is 4. The van der Waals surface area contributed by atoms with Crippen LogP contribution in [-0.2, 0) is 14.3 Å². The first-order valence-corrected chi connectivity index (χ1v) is 9.07. The fourth-order valence-corrected chi connectivity index (χ4v) is 2.37. The number of amides is 1. The second-order valence-corrected chi connectivity index (χ2v) is 5.94. The lowest BCUT2D eigenvalue weighted by Crippen LogP contribution is -2.45. The van der Waals surface area contributed by atoms with Crippen molar-refractivity contribution in [3.63, 3.8) is 0 Å². The van der Waals surface area contributed by atoms with Gasteiger partial charge in [0.05, 0.1) is 12.3 Å². The minimum absolute atomic E-state index is 0.151. The molecular weight excluding hydrogens is 332 g/mol. The Kier molecular flexibility index (Phi) is 10.0. The number of nitrogens with zero attached hydrogens (tertiary/aromatic N) is 1. The van der Waals surface area contributed by atoms with Gasteiger partial charge in [-0.15, -0.1) is 0 Å². The van der Waals surface area contributed by atoms with Crippen LogP contribution in [0.1, 0.15) is 70.4 Å². The third-order valence-corrected chi connectivity index (χ3v) is 3.66. The fraction of sp³-hybridized carbons (Fsp3) is 0.550. The van der Waals surface area contributed by atoms with Crippen LogP contribution in [-0.4, -0.2) is 34.6 Å². The summed E-state index contributed by atoms with van der Waals surface area (Å²) < 4.78 is 4.92. The number of esters is 1. The summed E-state index contributed by atoms with van der Waals surface area (Å²) >= 11 is 0. The molecule has 0 saturated heterocycles. The Bertz CT molecular complexity index is 649. The molecule has 6 nitrogen and oxygen atoms in total. The maximum absolute atomic E-state index is 12.0. The number of hydrogen-bond donors (Lipinski definition) is 2. The van der Waals surface area contributed by atoms with E-state index in [1.165, 1.54) is 19.8 Å². The third-order valence-electron chi connectivity index (χ3n) is 3.66. The van der Waals surface area contributed by atoms with E-state index >= 15 is 0 Å². The van der Waals surface area contributed by atoms with Crippen molar-refractivity contribution in [3.05, 3.63) is 29.6 Å². The molecule has 0 aliphatic rings. The van der Waals surface area contributed by atoms with E-state index in [2.05, 4.69) is 29.1 Å². The number of aliphatic hydroxyl groups is 1. The third kappa shape index (κ3) is 7.66. The van der Waals surface area contributed by atoms with E-state index in [-0.39, 0.29) is 12.3 Å². The molecule has 1 rings (SSSR count). The Balaban J connectivity index is 2.84. The Morgan fingerprint density at radius 3 is 2.69 bits per heavy atom. The summed E-state index contributed by atoms with van der Waals surface area (Å²) in [6.45, 7) is 5.24. The molecule has 6 heteroatoms. The molecule has 0 radical (unpaired) electrons. The first-order valence-electron chi connectivity index (χ1n) is 9.07. The molecule has 26 heavy (non-hydrogen) atoms. The van der Waals surface area contributed by atoms with E-state index in [4.69, 9.17) is 4.74 Å². The van der Waals surface area contributed by atoms with Gasteiger partial charge in [0.1, 0.15) is 11.8 Å². The highest BCUT2D eigenvalue weighted by Crippen LogP contribution is 2.16. The first kappa shape index (κ1) is 21.7. The summed E-state index contributed by atoms with van der Waals surface area (Å²) in [6.07, 6.45) is 4.09. The van der Waals surface area contributed by atoms with Crippen molar-refractivity contribution < 1.29 is 19.4 Å². The van der Waals surface area contributed by atoms with Gasteiger partial charge in [-0.1, -0.05) is 38.2 Å². The summed E-state index contributed by atoms with van der Waals surface area (Å²) in [5, 5.41) is 12.9. The quantitative estimate of drug-likeness (QED) is 0.401. The molecule has 0 aliphatic carbocycles. The Hall–Kier alpha value is -2.39. The number of rotatable bonds is 9. The van der Waals surface area contributed by atoms with Gasteiger partial charge in [0.25, 0.3) is 0 Å². The second-order valence-electron chi connectivity index (χ2n) is 5.94. The van der Waals surface area contributed by atoms with Crippen LogP contribution in [0.15, 0.2) is 18.2 Å². The van der Waals surface area contributed by atoms with E-state index in [0.717, 1.165) is 19.3 Å². The highest BCUT2D eigenvalue weighted by molar-refractivity contribution is 5.83. The van der Waals surface area contributed by atoms with Crippen molar-refractivity contribution in [2.45, 2.75) is 65.0 Å². The lowest BCUT2D eigenvalue weighted by atomic mass is 10.1. The second kappa shape index (κ2) is 12.0. The van der Waals surface area contributed by atoms with Crippen molar-refractivity contribution in [3.8, 4) is 11.8 Å². The van der Waals surface area contributed by atoms with Crippen LogP contribution in [0, 0.1) is 11.8 Å². The Morgan fingerprint density at radius 2 is 2.04 bits per heavy atom. The van der Waals surface area contributed by atoms with Crippen LogP contribution in [0.2, 0.25) is 0 Å². The average Bonchev–Trinajstić information content (AvgIpc) is 2.62. The van der Waals surface area contributed by atoms with Crippen molar-refractivity contribution >= 4 is 11.9 Å². The van der Waals surface area contributed by atoms with Gasteiger partial charge in [0.2, 0.25) is 5.91 Å². The molecule has 2 atom stereocenters. The lowest BCUT2D eigenvalue weighted by molar-refractivity contribution is -0.150. The number of nitrogens with one attached hydrogen (secondary N) is 1. The number of aromatic nitrogens is 1. The number of pyridine rings is 1. The number of aliphatic hydroxyl groups excluding tert-OH is 1. The summed E-state index contributed by atoms with van der Waals surface area (Å²) in [5.74, 6) is 4.91. The highest BCUT2D eigenvalue weighted by atomic mass is 16.5. The molecule has 1 aromatic heterocycles. The van der Waals surface area contributed by atoms with E-state index in [9.17, 15) is 14.7 Å². The number of hydrogen-bond acceptors (Lipinski definition) is 5. The standard InChI is InChI=1S/C20H28N2O4/c1-4-6-7-8-9-10-12-16-13-11-14-17(22-16)19(24)18(21-15(3)23)20(25)26-5-2/h11,13-14,18-19,24H,4-9H2,1-3H3,(H,21,23). The Morgan fingerprint density at radius 1 is 1.27 bits per heavy atom. The van der Waals surface area contributed by atoms with Crippen molar-refractivity contribution in [2.24, 2.45) is 0 Å². The molecule has 1 heterocycles.